The van der Waals surface area contributed by atoms with E-state index in [-0.39, 0.29) is 29.6 Å². The molecule has 4 saturated heterocycles. The zero-order chi connectivity index (χ0) is 25.3. The molecule has 2 unspecified atom stereocenters. The van der Waals surface area contributed by atoms with Gasteiger partial charge in [-0.05, 0) is 70.3 Å². The van der Waals surface area contributed by atoms with Gasteiger partial charge in [0.05, 0.1) is 11.6 Å². The van der Waals surface area contributed by atoms with Crippen molar-refractivity contribution in [1.29, 1.82) is 0 Å². The van der Waals surface area contributed by atoms with Crippen molar-refractivity contribution in [3.8, 4) is 0 Å². The number of nitrogens with zero attached hydrogens (tertiary/aromatic N) is 3. The van der Waals surface area contributed by atoms with Gasteiger partial charge >= 0.3 is 6.03 Å². The first-order chi connectivity index (χ1) is 17.4. The van der Waals surface area contributed by atoms with Crippen LogP contribution in [0.25, 0.3) is 0 Å². The second kappa shape index (κ2) is 10.7. The molecular weight excluding hydrogens is 452 g/mol. The molecule has 36 heavy (non-hydrogen) atoms. The van der Waals surface area contributed by atoms with Gasteiger partial charge in [0.25, 0.3) is 0 Å². The molecular formula is C29H44N4O3. The molecule has 1 aromatic carbocycles. The third kappa shape index (κ3) is 5.14. The van der Waals surface area contributed by atoms with Crippen molar-refractivity contribution in [3.05, 3.63) is 35.9 Å². The van der Waals surface area contributed by atoms with Crippen molar-refractivity contribution in [3.63, 3.8) is 0 Å². The van der Waals surface area contributed by atoms with E-state index in [9.17, 15) is 9.59 Å². The Morgan fingerprint density at radius 1 is 1.08 bits per heavy atom. The van der Waals surface area contributed by atoms with Crippen LogP contribution in [0.15, 0.2) is 30.3 Å². The average Bonchev–Trinajstić information content (AvgIpc) is 3.26. The first-order valence-corrected chi connectivity index (χ1v) is 14.1. The molecule has 1 aromatic rings. The molecule has 4 aliphatic rings. The number of rotatable bonds is 8. The van der Waals surface area contributed by atoms with Gasteiger partial charge in [-0.1, -0.05) is 30.3 Å². The zero-order valence-electron chi connectivity index (χ0n) is 22.3. The summed E-state index contributed by atoms with van der Waals surface area (Å²) in [4.78, 5) is 32.7. The lowest BCUT2D eigenvalue weighted by molar-refractivity contribution is -0.119. The van der Waals surface area contributed by atoms with E-state index in [0.29, 0.717) is 18.0 Å². The third-order valence-electron chi connectivity index (χ3n) is 9.07. The van der Waals surface area contributed by atoms with E-state index in [1.54, 1.807) is 6.92 Å². The van der Waals surface area contributed by atoms with E-state index in [1.165, 1.54) is 18.4 Å². The minimum Gasteiger partial charge on any atom is -0.381 e. The highest BCUT2D eigenvalue weighted by molar-refractivity contribution is 5.78. The van der Waals surface area contributed by atoms with Gasteiger partial charge in [0.2, 0.25) is 5.91 Å². The van der Waals surface area contributed by atoms with Crippen LogP contribution in [0.3, 0.4) is 0 Å². The van der Waals surface area contributed by atoms with Gasteiger partial charge < -0.3 is 19.9 Å². The predicted molar refractivity (Wildman–Crippen MR) is 141 cm³/mol. The second-order valence-electron chi connectivity index (χ2n) is 11.9. The van der Waals surface area contributed by atoms with Crippen LogP contribution < -0.4 is 5.32 Å². The molecule has 7 heteroatoms. The maximum atomic E-state index is 13.7. The monoisotopic (exact) mass is 496 g/mol. The zero-order valence-corrected chi connectivity index (χ0v) is 22.3. The fourth-order valence-corrected chi connectivity index (χ4v) is 7.64. The number of benzene rings is 1. The summed E-state index contributed by atoms with van der Waals surface area (Å²) in [7, 11) is 0. The van der Waals surface area contributed by atoms with Crippen LogP contribution in [0.5, 0.6) is 0 Å². The van der Waals surface area contributed by atoms with Crippen LogP contribution >= 0.6 is 0 Å². The largest absolute Gasteiger partial charge is 0.381 e. The summed E-state index contributed by atoms with van der Waals surface area (Å²) < 4.78 is 5.55. The number of carbonyl (C=O) groups is 2. The number of nitrogens with one attached hydrogen (secondary N) is 1. The van der Waals surface area contributed by atoms with Gasteiger partial charge in [-0.25, -0.2) is 4.79 Å². The Labute approximate surface area is 216 Å². The highest BCUT2D eigenvalue weighted by Gasteiger charge is 2.57. The maximum absolute atomic E-state index is 13.7. The minimum atomic E-state index is -0.0464. The fraction of sp³-hybridized carbons (Fsp3) is 0.724. The number of hydrogen-bond acceptors (Lipinski definition) is 4. The molecule has 2 bridgehead atoms. The lowest BCUT2D eigenvalue weighted by Crippen LogP contribution is -2.60. The lowest BCUT2D eigenvalue weighted by Gasteiger charge is -2.49. The number of urea groups is 1. The molecule has 0 saturated carbocycles. The smallest absolute Gasteiger partial charge is 0.320 e. The Bertz CT molecular complexity index is 902. The van der Waals surface area contributed by atoms with Gasteiger partial charge in [0.15, 0.2) is 0 Å². The van der Waals surface area contributed by atoms with Crippen molar-refractivity contribution in [2.45, 2.75) is 95.4 Å². The molecule has 3 atom stereocenters. The van der Waals surface area contributed by atoms with Gasteiger partial charge in [-0.2, -0.15) is 0 Å². The number of hydrogen-bond donors (Lipinski definition) is 1. The topological polar surface area (TPSA) is 65.1 Å². The van der Waals surface area contributed by atoms with Crippen LogP contribution in [0.1, 0.15) is 77.3 Å². The quantitative estimate of drug-likeness (QED) is 0.586. The molecule has 1 spiro atoms. The van der Waals surface area contributed by atoms with Gasteiger partial charge in [0.1, 0.15) is 0 Å². The van der Waals surface area contributed by atoms with Crippen LogP contribution in [-0.2, 0) is 9.53 Å². The molecule has 4 aliphatic heterocycles. The Hall–Kier alpha value is -2.12. The summed E-state index contributed by atoms with van der Waals surface area (Å²) in [5.41, 5.74) is 1.12. The SMILES string of the molecule is CC(=O)N[C@@H](CCN1C2CCC1CC1(C2)CN(CC2CCOCC2)C(=O)N1C(C)C)c1ccccc1. The molecule has 3 amide bonds. The van der Waals surface area contributed by atoms with E-state index in [2.05, 4.69) is 46.0 Å². The van der Waals surface area contributed by atoms with Gasteiger partial charge in [-0.3, -0.25) is 9.69 Å². The van der Waals surface area contributed by atoms with Crippen molar-refractivity contribution in [2.24, 2.45) is 5.92 Å². The van der Waals surface area contributed by atoms with Crippen molar-refractivity contribution in [2.75, 3.05) is 32.8 Å². The summed E-state index contributed by atoms with van der Waals surface area (Å²) in [6, 6.07) is 11.8. The van der Waals surface area contributed by atoms with Gasteiger partial charge in [-0.15, -0.1) is 0 Å². The Morgan fingerprint density at radius 2 is 1.75 bits per heavy atom. The molecule has 198 valence electrons. The molecule has 7 nitrogen and oxygen atoms in total. The predicted octanol–water partition coefficient (Wildman–Crippen LogP) is 4.19. The Balaban J connectivity index is 1.27. The number of fused-ring (bicyclic) bond motifs is 2. The molecule has 0 radical (unpaired) electrons. The first-order valence-electron chi connectivity index (χ1n) is 14.1. The highest BCUT2D eigenvalue weighted by atomic mass is 16.5. The van der Waals surface area contributed by atoms with Crippen LogP contribution in [0.2, 0.25) is 0 Å². The lowest BCUT2D eigenvalue weighted by atomic mass is 9.81. The van der Waals surface area contributed by atoms with E-state index in [4.69, 9.17) is 4.74 Å². The van der Waals surface area contributed by atoms with Crippen molar-refractivity contribution < 1.29 is 14.3 Å². The van der Waals surface area contributed by atoms with Crippen molar-refractivity contribution >= 4 is 11.9 Å². The molecule has 4 heterocycles. The standard InChI is InChI=1S/C29H44N4O3/c1-21(2)33-28(35)31(19-23-12-15-36-16-13-23)20-29(33)17-25-9-10-26(18-29)32(25)14-11-27(30-22(3)34)24-7-5-4-6-8-24/h4-8,21,23,25-27H,9-20H2,1-3H3,(H,30,34)/t25?,26?,27-,29?/m0/s1. The van der Waals surface area contributed by atoms with Crippen LogP contribution in [-0.4, -0.2) is 83.2 Å². The van der Waals surface area contributed by atoms with Crippen molar-refractivity contribution in [1.82, 2.24) is 20.0 Å². The molecule has 1 N–H and O–H groups in total. The van der Waals surface area contributed by atoms with Gasteiger partial charge in [0, 0.05) is 57.9 Å². The number of ether oxygens (including phenoxy) is 1. The van der Waals surface area contributed by atoms with E-state index in [1.807, 2.05) is 18.2 Å². The summed E-state index contributed by atoms with van der Waals surface area (Å²) in [5, 5.41) is 3.17. The van der Waals surface area contributed by atoms with E-state index < -0.39 is 0 Å². The number of amides is 3. The minimum absolute atomic E-state index is 0.0195. The van der Waals surface area contributed by atoms with Crippen LogP contribution in [0, 0.1) is 5.92 Å². The Morgan fingerprint density at radius 3 is 2.36 bits per heavy atom. The highest BCUT2D eigenvalue weighted by Crippen LogP contribution is 2.48. The summed E-state index contributed by atoms with van der Waals surface area (Å²) in [5.74, 6) is 0.582. The van der Waals surface area contributed by atoms with E-state index in [0.717, 1.165) is 65.0 Å². The average molecular weight is 497 g/mol. The Kier molecular flexibility index (Phi) is 7.59. The summed E-state index contributed by atoms with van der Waals surface area (Å²) in [6.45, 7) is 10.4. The normalized spacial score (nSPS) is 29.9. The third-order valence-corrected chi connectivity index (χ3v) is 9.07. The number of piperidine rings is 1. The summed E-state index contributed by atoms with van der Waals surface area (Å²) in [6.07, 6.45) is 7.59. The number of carbonyl (C=O) groups excluding carboxylic acids is 2. The maximum Gasteiger partial charge on any atom is 0.320 e. The van der Waals surface area contributed by atoms with Crippen LogP contribution in [0.4, 0.5) is 4.79 Å². The molecule has 0 aromatic heterocycles. The molecule has 5 rings (SSSR count). The summed E-state index contributed by atoms with van der Waals surface area (Å²) >= 11 is 0. The first kappa shape index (κ1) is 25.5. The fourth-order valence-electron chi connectivity index (χ4n) is 7.64. The molecule has 4 fully saturated rings. The van der Waals surface area contributed by atoms with E-state index >= 15 is 0 Å². The molecule has 0 aliphatic carbocycles. The second-order valence-corrected chi connectivity index (χ2v) is 11.9.